The minimum absolute atomic E-state index is 0.0371. The van der Waals surface area contributed by atoms with Crippen LogP contribution in [0.15, 0.2) is 60.7 Å². The summed E-state index contributed by atoms with van der Waals surface area (Å²) in [5.74, 6) is -1.26. The minimum atomic E-state index is -0.776. The van der Waals surface area contributed by atoms with Crippen LogP contribution >= 0.6 is 0 Å². The van der Waals surface area contributed by atoms with Gasteiger partial charge in [-0.25, -0.2) is 4.39 Å². The number of nitrogens with one attached hydrogen (secondary N) is 1. The number of amides is 3. The second-order valence-electron chi connectivity index (χ2n) is 8.71. The highest BCUT2D eigenvalue weighted by atomic mass is 19.1. The molecule has 3 aromatic carbocycles. The molecule has 1 aliphatic heterocycles. The van der Waals surface area contributed by atoms with Crippen molar-refractivity contribution in [3.05, 3.63) is 77.6 Å². The van der Waals surface area contributed by atoms with Crippen LogP contribution < -0.4 is 10.2 Å². The summed E-state index contributed by atoms with van der Waals surface area (Å²) in [7, 11) is 0. The van der Waals surface area contributed by atoms with Gasteiger partial charge in [0.15, 0.2) is 0 Å². The van der Waals surface area contributed by atoms with E-state index in [1.54, 1.807) is 25.1 Å². The zero-order chi connectivity index (χ0) is 24.4. The first-order valence-corrected chi connectivity index (χ1v) is 11.5. The second kappa shape index (κ2) is 9.63. The van der Waals surface area contributed by atoms with Crippen molar-refractivity contribution in [3.63, 3.8) is 0 Å². The Morgan fingerprint density at radius 2 is 1.71 bits per heavy atom. The molecule has 0 spiro atoms. The Morgan fingerprint density at radius 1 is 1.03 bits per heavy atom. The van der Waals surface area contributed by atoms with Crippen LogP contribution in [-0.4, -0.2) is 41.2 Å². The standard InChI is InChI=1S/C27H28FN3O3/c1-4-17(2)29-26(33)18(3)30(15-19-11-13-21(28)14-12-19)24(32)16-31-23-10-6-8-20-7-5-9-22(25(20)23)27(31)34/h5-14,17-18H,4,15-16H2,1-3H3,(H,29,33). The van der Waals surface area contributed by atoms with Crippen molar-refractivity contribution in [3.8, 4) is 0 Å². The van der Waals surface area contributed by atoms with Gasteiger partial charge in [-0.1, -0.05) is 43.3 Å². The van der Waals surface area contributed by atoms with Crippen molar-refractivity contribution >= 4 is 34.2 Å². The normalized spacial score (nSPS) is 14.2. The Balaban J connectivity index is 1.61. The molecule has 1 N–H and O–H groups in total. The predicted molar refractivity (Wildman–Crippen MR) is 130 cm³/mol. The molecule has 0 fully saturated rings. The monoisotopic (exact) mass is 461 g/mol. The topological polar surface area (TPSA) is 69.7 Å². The van der Waals surface area contributed by atoms with Crippen LogP contribution in [0.2, 0.25) is 0 Å². The summed E-state index contributed by atoms with van der Waals surface area (Å²) in [5.41, 5.74) is 1.94. The Kier molecular flexibility index (Phi) is 6.63. The molecular formula is C27H28FN3O3. The van der Waals surface area contributed by atoms with Gasteiger partial charge in [-0.2, -0.15) is 0 Å². The van der Waals surface area contributed by atoms with E-state index in [0.717, 1.165) is 17.2 Å². The van der Waals surface area contributed by atoms with E-state index in [0.29, 0.717) is 16.8 Å². The lowest BCUT2D eigenvalue weighted by Gasteiger charge is -2.31. The van der Waals surface area contributed by atoms with Crippen molar-refractivity contribution in [2.75, 3.05) is 11.4 Å². The Hall–Kier alpha value is -3.74. The maximum absolute atomic E-state index is 13.6. The van der Waals surface area contributed by atoms with Gasteiger partial charge >= 0.3 is 0 Å². The van der Waals surface area contributed by atoms with Gasteiger partial charge in [0.1, 0.15) is 18.4 Å². The summed E-state index contributed by atoms with van der Waals surface area (Å²) in [6.07, 6.45) is 0.759. The van der Waals surface area contributed by atoms with Crippen LogP contribution in [0, 0.1) is 5.82 Å². The number of hydrogen-bond acceptors (Lipinski definition) is 3. The van der Waals surface area contributed by atoms with Gasteiger partial charge < -0.3 is 10.2 Å². The zero-order valence-corrected chi connectivity index (χ0v) is 19.5. The van der Waals surface area contributed by atoms with E-state index in [1.165, 1.54) is 21.9 Å². The molecule has 3 amide bonds. The summed E-state index contributed by atoms with van der Waals surface area (Å²) >= 11 is 0. The van der Waals surface area contributed by atoms with Crippen molar-refractivity contribution in [2.45, 2.75) is 45.8 Å². The molecule has 0 radical (unpaired) electrons. The van der Waals surface area contributed by atoms with E-state index in [9.17, 15) is 18.8 Å². The van der Waals surface area contributed by atoms with Crippen LogP contribution in [0.3, 0.4) is 0 Å². The molecule has 6 nitrogen and oxygen atoms in total. The second-order valence-corrected chi connectivity index (χ2v) is 8.71. The van der Waals surface area contributed by atoms with Gasteiger partial charge in [0.2, 0.25) is 11.8 Å². The molecule has 2 unspecified atom stereocenters. The maximum Gasteiger partial charge on any atom is 0.259 e. The Morgan fingerprint density at radius 3 is 2.38 bits per heavy atom. The molecule has 0 aromatic heterocycles. The van der Waals surface area contributed by atoms with Crippen molar-refractivity contribution in [1.29, 1.82) is 0 Å². The number of anilines is 1. The molecule has 0 saturated heterocycles. The summed E-state index contributed by atoms with van der Waals surface area (Å²) in [6, 6.07) is 16.2. The lowest BCUT2D eigenvalue weighted by Crippen LogP contribution is -2.52. The van der Waals surface area contributed by atoms with Crippen LogP contribution in [0.25, 0.3) is 10.8 Å². The molecule has 34 heavy (non-hydrogen) atoms. The largest absolute Gasteiger partial charge is 0.352 e. The van der Waals surface area contributed by atoms with E-state index < -0.39 is 6.04 Å². The molecule has 0 aliphatic carbocycles. The first kappa shape index (κ1) is 23.4. The lowest BCUT2D eigenvalue weighted by molar-refractivity contribution is -0.139. The van der Waals surface area contributed by atoms with Crippen LogP contribution in [-0.2, 0) is 16.1 Å². The molecule has 0 saturated carbocycles. The molecule has 176 valence electrons. The molecule has 0 bridgehead atoms. The molecule has 1 heterocycles. The van der Waals surface area contributed by atoms with Crippen molar-refractivity contribution < 1.29 is 18.8 Å². The highest BCUT2D eigenvalue weighted by molar-refractivity contribution is 6.26. The van der Waals surface area contributed by atoms with Gasteiger partial charge in [-0.3, -0.25) is 19.3 Å². The fourth-order valence-electron chi connectivity index (χ4n) is 4.20. The average molecular weight is 462 g/mol. The minimum Gasteiger partial charge on any atom is -0.352 e. The summed E-state index contributed by atoms with van der Waals surface area (Å²) in [5, 5.41) is 4.68. The Labute approximate surface area is 198 Å². The summed E-state index contributed by atoms with van der Waals surface area (Å²) in [4.78, 5) is 42.5. The van der Waals surface area contributed by atoms with E-state index in [-0.39, 0.29) is 42.7 Å². The number of carbonyl (C=O) groups excluding carboxylic acids is 3. The fraction of sp³-hybridized carbons (Fsp3) is 0.296. The first-order valence-electron chi connectivity index (χ1n) is 11.5. The quantitative estimate of drug-likeness (QED) is 0.545. The smallest absolute Gasteiger partial charge is 0.259 e. The van der Waals surface area contributed by atoms with Crippen molar-refractivity contribution in [2.24, 2.45) is 0 Å². The molecule has 2 atom stereocenters. The summed E-state index contributed by atoms with van der Waals surface area (Å²) < 4.78 is 13.4. The van der Waals surface area contributed by atoms with Gasteiger partial charge in [0.25, 0.3) is 5.91 Å². The van der Waals surface area contributed by atoms with Crippen LogP contribution in [0.1, 0.15) is 43.1 Å². The van der Waals surface area contributed by atoms with Gasteiger partial charge in [0.05, 0.1) is 5.69 Å². The highest BCUT2D eigenvalue weighted by Gasteiger charge is 2.34. The molecule has 4 rings (SSSR count). The number of nitrogens with zero attached hydrogens (tertiary/aromatic N) is 2. The lowest BCUT2D eigenvalue weighted by atomic mass is 10.1. The number of rotatable bonds is 8. The first-order chi connectivity index (χ1) is 16.3. The summed E-state index contributed by atoms with van der Waals surface area (Å²) in [6.45, 7) is 5.45. The maximum atomic E-state index is 13.6. The highest BCUT2D eigenvalue weighted by Crippen LogP contribution is 2.37. The number of carbonyl (C=O) groups is 3. The van der Waals surface area contributed by atoms with E-state index >= 15 is 0 Å². The molecule has 7 heteroatoms. The average Bonchev–Trinajstić information content (AvgIpc) is 3.11. The van der Waals surface area contributed by atoms with Gasteiger partial charge in [0, 0.05) is 23.5 Å². The van der Waals surface area contributed by atoms with E-state index in [4.69, 9.17) is 0 Å². The molecule has 3 aromatic rings. The van der Waals surface area contributed by atoms with Crippen LogP contribution in [0.4, 0.5) is 10.1 Å². The number of benzene rings is 3. The zero-order valence-electron chi connectivity index (χ0n) is 19.5. The number of hydrogen-bond donors (Lipinski definition) is 1. The third-order valence-electron chi connectivity index (χ3n) is 6.38. The SMILES string of the molecule is CCC(C)NC(=O)C(C)N(Cc1ccc(F)cc1)C(=O)CN1C(=O)c2cccc3cccc1c23. The predicted octanol–water partition coefficient (Wildman–Crippen LogP) is 4.27. The third-order valence-corrected chi connectivity index (χ3v) is 6.38. The van der Waals surface area contributed by atoms with Gasteiger partial charge in [-0.15, -0.1) is 0 Å². The third kappa shape index (κ3) is 4.51. The van der Waals surface area contributed by atoms with Gasteiger partial charge in [-0.05, 0) is 55.5 Å². The molecule has 1 aliphatic rings. The number of halogens is 1. The van der Waals surface area contributed by atoms with Crippen molar-refractivity contribution in [1.82, 2.24) is 10.2 Å². The Bertz CT molecular complexity index is 1240. The van der Waals surface area contributed by atoms with E-state index in [2.05, 4.69) is 5.32 Å². The molecular weight excluding hydrogens is 433 g/mol. The fourth-order valence-corrected chi connectivity index (χ4v) is 4.20. The van der Waals surface area contributed by atoms with E-state index in [1.807, 2.05) is 44.2 Å². The van der Waals surface area contributed by atoms with Crippen LogP contribution in [0.5, 0.6) is 0 Å².